The van der Waals surface area contributed by atoms with Gasteiger partial charge >= 0.3 is 5.97 Å². The Morgan fingerprint density at radius 2 is 1.87 bits per heavy atom. The van der Waals surface area contributed by atoms with E-state index in [0.29, 0.717) is 24.4 Å². The Balaban J connectivity index is 1.51. The highest BCUT2D eigenvalue weighted by atomic mass is 16.5. The van der Waals surface area contributed by atoms with Crippen molar-refractivity contribution in [2.45, 2.75) is 39.2 Å². The summed E-state index contributed by atoms with van der Waals surface area (Å²) in [6, 6.07) is 14.7. The van der Waals surface area contributed by atoms with Crippen LogP contribution < -0.4 is 15.0 Å². The van der Waals surface area contributed by atoms with Crippen molar-refractivity contribution in [1.82, 2.24) is 0 Å². The van der Waals surface area contributed by atoms with Crippen LogP contribution >= 0.6 is 0 Å². The number of hydrogen-bond acceptors (Lipinski definition) is 5. The van der Waals surface area contributed by atoms with Crippen LogP contribution in [0.4, 0.5) is 11.4 Å². The highest BCUT2D eigenvalue weighted by Crippen LogP contribution is 2.36. The Bertz CT molecular complexity index is 954. The molecule has 0 spiro atoms. The molecule has 1 aliphatic rings. The van der Waals surface area contributed by atoms with E-state index in [4.69, 9.17) is 9.47 Å². The van der Waals surface area contributed by atoms with Crippen molar-refractivity contribution in [2.24, 2.45) is 0 Å². The van der Waals surface area contributed by atoms with E-state index in [2.05, 4.69) is 5.32 Å². The largest absolute Gasteiger partial charge is 0.494 e. The summed E-state index contributed by atoms with van der Waals surface area (Å²) < 4.78 is 10.8. The van der Waals surface area contributed by atoms with Crippen molar-refractivity contribution in [1.29, 1.82) is 0 Å². The van der Waals surface area contributed by atoms with Gasteiger partial charge < -0.3 is 14.8 Å². The number of rotatable bonds is 7. The van der Waals surface area contributed by atoms with Crippen LogP contribution in [0.25, 0.3) is 0 Å². The van der Waals surface area contributed by atoms with Crippen molar-refractivity contribution < 1.29 is 23.9 Å². The summed E-state index contributed by atoms with van der Waals surface area (Å²) in [6.07, 6.45) is 0.612. The molecule has 2 amide bonds. The molecule has 7 nitrogen and oxygen atoms in total. The van der Waals surface area contributed by atoms with Gasteiger partial charge in [-0.15, -0.1) is 0 Å². The Morgan fingerprint density at radius 1 is 1.10 bits per heavy atom. The third-order valence-electron chi connectivity index (χ3n) is 4.90. The summed E-state index contributed by atoms with van der Waals surface area (Å²) in [6.45, 7) is 5.23. The van der Waals surface area contributed by atoms with E-state index < -0.39 is 24.0 Å². The predicted octanol–water partition coefficient (Wildman–Crippen LogP) is 3.46. The molecule has 0 saturated heterocycles. The van der Waals surface area contributed by atoms with E-state index in [1.54, 1.807) is 38.1 Å². The van der Waals surface area contributed by atoms with Gasteiger partial charge in [0.15, 0.2) is 6.61 Å². The van der Waals surface area contributed by atoms with Crippen molar-refractivity contribution in [3.05, 3.63) is 54.1 Å². The van der Waals surface area contributed by atoms with Gasteiger partial charge in [-0.05, 0) is 57.0 Å². The fourth-order valence-corrected chi connectivity index (χ4v) is 3.29. The van der Waals surface area contributed by atoms with E-state index in [-0.39, 0.29) is 12.3 Å². The van der Waals surface area contributed by atoms with Crippen LogP contribution in [0.15, 0.2) is 48.5 Å². The van der Waals surface area contributed by atoms with Crippen LogP contribution in [0.3, 0.4) is 0 Å². The number of anilines is 2. The number of para-hydroxylation sites is 2. The number of fused-ring (bicyclic) bond motifs is 1. The first-order valence-electron chi connectivity index (χ1n) is 9.87. The minimum Gasteiger partial charge on any atom is -0.494 e. The molecule has 2 aromatic carbocycles. The molecule has 158 valence electrons. The summed E-state index contributed by atoms with van der Waals surface area (Å²) in [5.74, 6) is -0.479. The second-order valence-electron chi connectivity index (χ2n) is 7.69. The number of carbonyl (C=O) groups excluding carboxylic acids is 3. The summed E-state index contributed by atoms with van der Waals surface area (Å²) in [5, 5.41) is 2.80. The zero-order valence-electron chi connectivity index (χ0n) is 17.4. The van der Waals surface area contributed by atoms with Crippen LogP contribution in [0, 0.1) is 6.92 Å². The summed E-state index contributed by atoms with van der Waals surface area (Å²) in [7, 11) is 0. The van der Waals surface area contributed by atoms with Crippen LogP contribution in [0.5, 0.6) is 5.75 Å². The lowest BCUT2D eigenvalue weighted by Crippen LogP contribution is -2.59. The number of ether oxygens (including phenoxy) is 2. The SMILES string of the molecule is Cc1cccc(OCCCC(=O)OCC(=O)N2c3ccccc3NC(=O)C2(C)C)c1. The Morgan fingerprint density at radius 3 is 2.63 bits per heavy atom. The second-order valence-corrected chi connectivity index (χ2v) is 7.69. The zero-order valence-corrected chi connectivity index (χ0v) is 17.4. The Labute approximate surface area is 176 Å². The van der Waals surface area contributed by atoms with Gasteiger partial charge in [0, 0.05) is 6.42 Å². The lowest BCUT2D eigenvalue weighted by Gasteiger charge is -2.41. The molecule has 0 fully saturated rings. The third kappa shape index (κ3) is 4.79. The number of esters is 1. The molecule has 1 heterocycles. The van der Waals surface area contributed by atoms with Crippen LogP contribution in [-0.2, 0) is 19.1 Å². The van der Waals surface area contributed by atoms with Gasteiger partial charge in [0.1, 0.15) is 11.3 Å². The number of nitrogens with zero attached hydrogens (tertiary/aromatic N) is 1. The number of aryl methyl sites for hydroxylation is 1. The molecule has 1 N–H and O–H groups in total. The molecule has 0 radical (unpaired) electrons. The maximum atomic E-state index is 12.8. The molecular weight excluding hydrogens is 384 g/mol. The van der Waals surface area contributed by atoms with E-state index in [9.17, 15) is 14.4 Å². The molecular formula is C23H26N2O5. The van der Waals surface area contributed by atoms with Crippen LogP contribution in [0.1, 0.15) is 32.3 Å². The summed E-state index contributed by atoms with van der Waals surface area (Å²) in [4.78, 5) is 38.7. The molecule has 30 heavy (non-hydrogen) atoms. The molecule has 7 heteroatoms. The van der Waals surface area contributed by atoms with Gasteiger partial charge in [0.25, 0.3) is 5.91 Å². The lowest BCUT2D eigenvalue weighted by atomic mass is 9.96. The minimum atomic E-state index is -1.10. The third-order valence-corrected chi connectivity index (χ3v) is 4.90. The average Bonchev–Trinajstić information content (AvgIpc) is 2.70. The fraction of sp³-hybridized carbons (Fsp3) is 0.348. The first-order chi connectivity index (χ1) is 14.3. The smallest absolute Gasteiger partial charge is 0.306 e. The molecule has 0 aliphatic carbocycles. The highest BCUT2D eigenvalue weighted by Gasteiger charge is 2.43. The Kier molecular flexibility index (Phi) is 6.40. The maximum absolute atomic E-state index is 12.8. The van der Waals surface area contributed by atoms with Gasteiger partial charge in [-0.1, -0.05) is 24.3 Å². The second kappa shape index (κ2) is 8.98. The maximum Gasteiger partial charge on any atom is 0.306 e. The van der Waals surface area contributed by atoms with E-state index >= 15 is 0 Å². The van der Waals surface area contributed by atoms with Crippen molar-refractivity contribution in [2.75, 3.05) is 23.4 Å². The number of benzene rings is 2. The predicted molar refractivity (Wildman–Crippen MR) is 114 cm³/mol. The van der Waals surface area contributed by atoms with Crippen molar-refractivity contribution in [3.63, 3.8) is 0 Å². The van der Waals surface area contributed by atoms with E-state index in [0.717, 1.165) is 11.3 Å². The van der Waals surface area contributed by atoms with Gasteiger partial charge in [-0.25, -0.2) is 0 Å². The fourth-order valence-electron chi connectivity index (χ4n) is 3.29. The van der Waals surface area contributed by atoms with Gasteiger partial charge in [-0.2, -0.15) is 0 Å². The average molecular weight is 410 g/mol. The lowest BCUT2D eigenvalue weighted by molar-refractivity contribution is -0.148. The first-order valence-corrected chi connectivity index (χ1v) is 9.87. The molecule has 0 bridgehead atoms. The van der Waals surface area contributed by atoms with Gasteiger partial charge in [0.2, 0.25) is 5.91 Å². The quantitative estimate of drug-likeness (QED) is 0.558. The normalized spacial score (nSPS) is 14.5. The molecule has 0 aromatic heterocycles. The Hall–Kier alpha value is -3.35. The molecule has 0 unspecified atom stereocenters. The van der Waals surface area contributed by atoms with Gasteiger partial charge in [-0.3, -0.25) is 19.3 Å². The number of hydrogen-bond donors (Lipinski definition) is 1. The van der Waals surface area contributed by atoms with Crippen LogP contribution in [-0.4, -0.2) is 36.5 Å². The number of nitrogens with one attached hydrogen (secondary N) is 1. The minimum absolute atomic E-state index is 0.138. The van der Waals surface area contributed by atoms with Crippen molar-refractivity contribution >= 4 is 29.2 Å². The van der Waals surface area contributed by atoms with E-state index in [1.165, 1.54) is 4.90 Å². The summed E-state index contributed by atoms with van der Waals surface area (Å²) in [5.41, 5.74) is 1.13. The van der Waals surface area contributed by atoms with E-state index in [1.807, 2.05) is 31.2 Å². The molecule has 1 aliphatic heterocycles. The zero-order chi connectivity index (χ0) is 21.7. The molecule has 0 atom stereocenters. The monoisotopic (exact) mass is 410 g/mol. The van der Waals surface area contributed by atoms with Gasteiger partial charge in [0.05, 0.1) is 18.0 Å². The number of carbonyl (C=O) groups is 3. The number of amides is 2. The molecule has 2 aromatic rings. The summed E-state index contributed by atoms with van der Waals surface area (Å²) >= 11 is 0. The standard InChI is InChI=1S/C23H26N2O5/c1-16-8-6-9-17(14-16)29-13-7-12-21(27)30-15-20(26)25-19-11-5-4-10-18(19)24-22(28)23(25,2)3/h4-6,8-11,14H,7,12-13,15H2,1-3H3,(H,24,28). The molecule has 3 rings (SSSR count). The topological polar surface area (TPSA) is 84.9 Å². The highest BCUT2D eigenvalue weighted by molar-refractivity contribution is 6.14. The first kappa shape index (κ1) is 21.4. The van der Waals surface area contributed by atoms with Crippen molar-refractivity contribution in [3.8, 4) is 5.75 Å². The van der Waals surface area contributed by atoms with Crippen LogP contribution in [0.2, 0.25) is 0 Å². The molecule has 0 saturated carbocycles.